The Morgan fingerprint density at radius 3 is 2.17 bits per heavy atom. The summed E-state index contributed by atoms with van der Waals surface area (Å²) in [7, 11) is 0. The monoisotopic (exact) mass is 248 g/mol. The molecular formula is C14H24N4. The fourth-order valence-corrected chi connectivity index (χ4v) is 1.62. The van der Waals surface area contributed by atoms with E-state index >= 15 is 0 Å². The summed E-state index contributed by atoms with van der Waals surface area (Å²) >= 11 is 0. The molecule has 0 radical (unpaired) electrons. The minimum Gasteiger partial charge on any atom is -0.267 e. The standard InChI is InChI=1S/C12H18N4.C2H6/c1-7(2)12-13-9(5)11-10(14-12)6-16(15-11)8(3)4;1-2/h6-8H,1-5H3;1-2H3. The van der Waals surface area contributed by atoms with E-state index in [1.807, 2.05) is 31.6 Å². The Hall–Kier alpha value is -1.45. The molecule has 2 rings (SSSR count). The summed E-state index contributed by atoms with van der Waals surface area (Å²) < 4.78 is 1.94. The van der Waals surface area contributed by atoms with Crippen molar-refractivity contribution in [3.8, 4) is 0 Å². The van der Waals surface area contributed by atoms with Gasteiger partial charge in [0.05, 0.1) is 11.9 Å². The lowest BCUT2D eigenvalue weighted by Gasteiger charge is -2.03. The highest BCUT2D eigenvalue weighted by Crippen LogP contribution is 2.18. The van der Waals surface area contributed by atoms with Crippen molar-refractivity contribution < 1.29 is 0 Å². The first kappa shape index (κ1) is 14.6. The maximum atomic E-state index is 4.54. The second kappa shape index (κ2) is 5.94. The van der Waals surface area contributed by atoms with E-state index in [0.29, 0.717) is 12.0 Å². The molecule has 0 aliphatic rings. The average molecular weight is 248 g/mol. The molecule has 4 heteroatoms. The SMILES string of the molecule is CC.Cc1nc(C(C)C)nc2cn(C(C)C)nc12. The summed E-state index contributed by atoms with van der Waals surface area (Å²) in [6.07, 6.45) is 2.00. The smallest absolute Gasteiger partial charge is 0.132 e. The van der Waals surface area contributed by atoms with E-state index in [1.54, 1.807) is 0 Å². The Morgan fingerprint density at radius 1 is 1.06 bits per heavy atom. The Morgan fingerprint density at radius 2 is 1.67 bits per heavy atom. The molecule has 2 heterocycles. The van der Waals surface area contributed by atoms with Gasteiger partial charge in [0.1, 0.15) is 16.9 Å². The molecule has 0 amide bonds. The maximum Gasteiger partial charge on any atom is 0.132 e. The number of rotatable bonds is 2. The molecule has 0 N–H and O–H groups in total. The van der Waals surface area contributed by atoms with Gasteiger partial charge in [-0.2, -0.15) is 5.10 Å². The van der Waals surface area contributed by atoms with Crippen LogP contribution in [0.1, 0.15) is 65.0 Å². The van der Waals surface area contributed by atoms with Gasteiger partial charge in [0.25, 0.3) is 0 Å². The van der Waals surface area contributed by atoms with Crippen molar-refractivity contribution in [2.75, 3.05) is 0 Å². The van der Waals surface area contributed by atoms with E-state index < -0.39 is 0 Å². The van der Waals surface area contributed by atoms with Gasteiger partial charge in [0.15, 0.2) is 0 Å². The van der Waals surface area contributed by atoms with Gasteiger partial charge >= 0.3 is 0 Å². The van der Waals surface area contributed by atoms with E-state index in [1.165, 1.54) is 0 Å². The Bertz CT molecular complexity index is 512. The molecule has 0 unspecified atom stereocenters. The molecule has 0 aromatic carbocycles. The van der Waals surface area contributed by atoms with Crippen molar-refractivity contribution in [2.24, 2.45) is 0 Å². The Labute approximate surface area is 109 Å². The predicted octanol–water partition coefficient (Wildman–Crippen LogP) is 3.87. The molecule has 0 aliphatic heterocycles. The molecule has 18 heavy (non-hydrogen) atoms. The van der Waals surface area contributed by atoms with Crippen molar-refractivity contribution in [1.29, 1.82) is 0 Å². The lowest BCUT2D eigenvalue weighted by atomic mass is 10.2. The fourth-order valence-electron chi connectivity index (χ4n) is 1.62. The van der Waals surface area contributed by atoms with Crippen LogP contribution < -0.4 is 0 Å². The van der Waals surface area contributed by atoms with Gasteiger partial charge in [-0.05, 0) is 20.8 Å². The summed E-state index contributed by atoms with van der Waals surface area (Å²) in [6, 6.07) is 0.357. The zero-order chi connectivity index (χ0) is 13.9. The Kier molecular flexibility index (Phi) is 4.82. The number of aryl methyl sites for hydroxylation is 1. The van der Waals surface area contributed by atoms with Crippen molar-refractivity contribution in [2.45, 2.75) is 60.4 Å². The van der Waals surface area contributed by atoms with Gasteiger partial charge < -0.3 is 0 Å². The minimum atomic E-state index is 0.352. The first-order valence-electron chi connectivity index (χ1n) is 6.72. The molecule has 0 bridgehead atoms. The van der Waals surface area contributed by atoms with E-state index in [2.05, 4.69) is 42.8 Å². The van der Waals surface area contributed by atoms with Gasteiger partial charge in [0, 0.05) is 12.0 Å². The third-order valence-electron chi connectivity index (χ3n) is 2.62. The quantitative estimate of drug-likeness (QED) is 0.810. The van der Waals surface area contributed by atoms with Crippen molar-refractivity contribution in [3.05, 3.63) is 17.7 Å². The van der Waals surface area contributed by atoms with Crippen LogP contribution >= 0.6 is 0 Å². The molecule has 0 aliphatic carbocycles. The number of aromatic nitrogens is 4. The summed E-state index contributed by atoms with van der Waals surface area (Å²) in [4.78, 5) is 9.03. The van der Waals surface area contributed by atoms with Crippen LogP contribution in [0, 0.1) is 6.92 Å². The van der Waals surface area contributed by atoms with Crippen molar-refractivity contribution >= 4 is 11.0 Å². The molecular weight excluding hydrogens is 224 g/mol. The highest BCUT2D eigenvalue weighted by atomic mass is 15.3. The van der Waals surface area contributed by atoms with Gasteiger partial charge in [-0.1, -0.05) is 27.7 Å². The van der Waals surface area contributed by atoms with E-state index in [0.717, 1.165) is 22.6 Å². The number of hydrogen-bond acceptors (Lipinski definition) is 3. The van der Waals surface area contributed by atoms with Gasteiger partial charge in [-0.25, -0.2) is 9.97 Å². The van der Waals surface area contributed by atoms with Crippen LogP contribution in [0.5, 0.6) is 0 Å². The molecule has 0 fully saturated rings. The van der Waals surface area contributed by atoms with Crippen LogP contribution in [0.4, 0.5) is 0 Å². The number of fused-ring (bicyclic) bond motifs is 1. The summed E-state index contributed by atoms with van der Waals surface area (Å²) in [5, 5.41) is 4.50. The fraction of sp³-hybridized carbons (Fsp3) is 0.643. The first-order valence-corrected chi connectivity index (χ1v) is 6.72. The van der Waals surface area contributed by atoms with Crippen LogP contribution in [-0.4, -0.2) is 19.7 Å². The highest BCUT2D eigenvalue weighted by Gasteiger charge is 2.11. The van der Waals surface area contributed by atoms with Gasteiger partial charge in [-0.3, -0.25) is 4.68 Å². The molecule has 0 spiro atoms. The molecule has 0 atom stereocenters. The average Bonchev–Trinajstić information content (AvgIpc) is 2.76. The lowest BCUT2D eigenvalue weighted by Crippen LogP contribution is -2.00. The predicted molar refractivity (Wildman–Crippen MR) is 75.9 cm³/mol. The van der Waals surface area contributed by atoms with Gasteiger partial charge in [-0.15, -0.1) is 0 Å². The number of nitrogens with zero attached hydrogens (tertiary/aromatic N) is 4. The zero-order valence-electron chi connectivity index (χ0n) is 12.5. The lowest BCUT2D eigenvalue weighted by molar-refractivity contribution is 0.537. The van der Waals surface area contributed by atoms with Crippen LogP contribution in [-0.2, 0) is 0 Å². The van der Waals surface area contributed by atoms with Crippen LogP contribution in [0.2, 0.25) is 0 Å². The molecule has 2 aromatic heterocycles. The minimum absolute atomic E-state index is 0.352. The molecule has 0 saturated carbocycles. The topological polar surface area (TPSA) is 43.6 Å². The largest absolute Gasteiger partial charge is 0.267 e. The summed E-state index contributed by atoms with van der Waals surface area (Å²) in [5.74, 6) is 1.25. The third kappa shape index (κ3) is 2.86. The molecule has 100 valence electrons. The molecule has 4 nitrogen and oxygen atoms in total. The molecule has 2 aromatic rings. The van der Waals surface area contributed by atoms with E-state index in [9.17, 15) is 0 Å². The normalized spacial score (nSPS) is 10.9. The second-order valence-electron chi connectivity index (χ2n) is 4.76. The van der Waals surface area contributed by atoms with Crippen LogP contribution in [0.25, 0.3) is 11.0 Å². The first-order chi connectivity index (χ1) is 8.49. The number of hydrogen-bond donors (Lipinski definition) is 0. The zero-order valence-corrected chi connectivity index (χ0v) is 12.5. The maximum absolute atomic E-state index is 4.54. The van der Waals surface area contributed by atoms with Crippen molar-refractivity contribution in [1.82, 2.24) is 19.7 Å². The summed E-state index contributed by atoms with van der Waals surface area (Å²) in [5.41, 5.74) is 2.83. The molecule has 0 saturated heterocycles. The second-order valence-corrected chi connectivity index (χ2v) is 4.76. The highest BCUT2D eigenvalue weighted by molar-refractivity contribution is 5.75. The van der Waals surface area contributed by atoms with Crippen LogP contribution in [0.3, 0.4) is 0 Å². The van der Waals surface area contributed by atoms with Crippen LogP contribution in [0.15, 0.2) is 6.20 Å². The summed E-state index contributed by atoms with van der Waals surface area (Å²) in [6.45, 7) is 14.4. The third-order valence-corrected chi connectivity index (χ3v) is 2.62. The van der Waals surface area contributed by atoms with E-state index in [-0.39, 0.29) is 0 Å². The van der Waals surface area contributed by atoms with Gasteiger partial charge in [0.2, 0.25) is 0 Å². The van der Waals surface area contributed by atoms with E-state index in [4.69, 9.17) is 0 Å². The van der Waals surface area contributed by atoms with Crippen molar-refractivity contribution in [3.63, 3.8) is 0 Å². The Balaban J connectivity index is 0.000000771.